The fraction of sp³-hybridized carbons (Fsp3) is 0.417. The largest absolute Gasteiger partial charge is 0.337 e. The van der Waals surface area contributed by atoms with Crippen molar-refractivity contribution in [3.63, 3.8) is 0 Å². The van der Waals surface area contributed by atoms with Crippen LogP contribution in [0.4, 0.5) is 8.78 Å². The molecule has 0 bridgehead atoms. The molecular formula is C12H13BrF2N2O. The highest BCUT2D eigenvalue weighted by atomic mass is 79.9. The van der Waals surface area contributed by atoms with E-state index >= 15 is 0 Å². The van der Waals surface area contributed by atoms with E-state index < -0.39 is 23.1 Å². The van der Waals surface area contributed by atoms with E-state index in [-0.39, 0.29) is 10.5 Å². The SMILES string of the molecule is N[C@H]1CCCN(C(=O)c2c(F)ccc(Br)c2F)C1. The van der Waals surface area contributed by atoms with Crippen LogP contribution in [0.1, 0.15) is 23.2 Å². The summed E-state index contributed by atoms with van der Waals surface area (Å²) >= 11 is 2.95. The molecule has 2 N–H and O–H groups in total. The lowest BCUT2D eigenvalue weighted by Crippen LogP contribution is -2.46. The van der Waals surface area contributed by atoms with E-state index in [4.69, 9.17) is 5.73 Å². The lowest BCUT2D eigenvalue weighted by atomic mass is 10.0. The van der Waals surface area contributed by atoms with Gasteiger partial charge in [-0.05, 0) is 40.9 Å². The van der Waals surface area contributed by atoms with Crippen LogP contribution in [0.15, 0.2) is 16.6 Å². The quantitative estimate of drug-likeness (QED) is 0.808. The molecule has 2 rings (SSSR count). The maximum absolute atomic E-state index is 13.8. The van der Waals surface area contributed by atoms with Gasteiger partial charge in [-0.15, -0.1) is 0 Å². The molecule has 0 aliphatic carbocycles. The predicted molar refractivity (Wildman–Crippen MR) is 67.2 cm³/mol. The van der Waals surface area contributed by atoms with Gasteiger partial charge >= 0.3 is 0 Å². The average molecular weight is 319 g/mol. The molecule has 1 saturated heterocycles. The molecule has 1 aliphatic rings. The first-order chi connectivity index (χ1) is 8.50. The number of nitrogens with two attached hydrogens (primary N) is 1. The monoisotopic (exact) mass is 318 g/mol. The Morgan fingerprint density at radius 1 is 1.44 bits per heavy atom. The summed E-state index contributed by atoms with van der Waals surface area (Å²) in [5.74, 6) is -2.35. The number of rotatable bonds is 1. The Balaban J connectivity index is 2.31. The highest BCUT2D eigenvalue weighted by Gasteiger charge is 2.27. The van der Waals surface area contributed by atoms with Gasteiger partial charge in [0, 0.05) is 19.1 Å². The summed E-state index contributed by atoms with van der Waals surface area (Å²) in [6, 6.07) is 2.19. The molecule has 1 heterocycles. The molecule has 3 nitrogen and oxygen atoms in total. The number of piperidine rings is 1. The smallest absolute Gasteiger partial charge is 0.259 e. The molecule has 0 radical (unpaired) electrons. The summed E-state index contributed by atoms with van der Waals surface area (Å²) in [6.45, 7) is 0.822. The molecule has 0 unspecified atom stereocenters. The lowest BCUT2D eigenvalue weighted by molar-refractivity contribution is 0.0698. The van der Waals surface area contributed by atoms with Crippen LogP contribution < -0.4 is 5.73 Å². The second kappa shape index (κ2) is 5.32. The molecule has 0 aromatic heterocycles. The van der Waals surface area contributed by atoms with Gasteiger partial charge in [-0.25, -0.2) is 8.78 Å². The van der Waals surface area contributed by atoms with Crippen LogP contribution in [0.25, 0.3) is 0 Å². The molecule has 0 spiro atoms. The van der Waals surface area contributed by atoms with Crippen LogP contribution in [0, 0.1) is 11.6 Å². The molecule has 1 fully saturated rings. The number of carbonyl (C=O) groups excluding carboxylic acids is 1. The zero-order valence-electron chi connectivity index (χ0n) is 9.63. The van der Waals surface area contributed by atoms with Gasteiger partial charge in [-0.2, -0.15) is 0 Å². The summed E-state index contributed by atoms with van der Waals surface area (Å²) in [5, 5.41) is 0. The molecule has 0 saturated carbocycles. The van der Waals surface area contributed by atoms with Gasteiger partial charge in [0.2, 0.25) is 0 Å². The van der Waals surface area contributed by atoms with Gasteiger partial charge in [-0.1, -0.05) is 0 Å². The van der Waals surface area contributed by atoms with Gasteiger partial charge < -0.3 is 10.6 Å². The minimum absolute atomic E-state index is 0.0774. The van der Waals surface area contributed by atoms with Crippen molar-refractivity contribution in [2.24, 2.45) is 5.73 Å². The number of hydrogen-bond donors (Lipinski definition) is 1. The number of nitrogens with zero attached hydrogens (tertiary/aromatic N) is 1. The third-order valence-corrected chi connectivity index (χ3v) is 3.62. The van der Waals surface area contributed by atoms with Crippen LogP contribution in [0.5, 0.6) is 0 Å². The number of amides is 1. The van der Waals surface area contributed by atoms with Crippen molar-refractivity contribution in [1.82, 2.24) is 4.90 Å². The van der Waals surface area contributed by atoms with Gasteiger partial charge in [0.05, 0.1) is 4.47 Å². The van der Waals surface area contributed by atoms with E-state index in [9.17, 15) is 13.6 Å². The molecule has 1 amide bonds. The van der Waals surface area contributed by atoms with Gasteiger partial charge in [0.25, 0.3) is 5.91 Å². The van der Waals surface area contributed by atoms with Crippen LogP contribution in [-0.2, 0) is 0 Å². The Bertz CT molecular complexity index is 481. The lowest BCUT2D eigenvalue weighted by Gasteiger charge is -2.31. The highest BCUT2D eigenvalue weighted by molar-refractivity contribution is 9.10. The number of likely N-dealkylation sites (tertiary alicyclic amines) is 1. The highest BCUT2D eigenvalue weighted by Crippen LogP contribution is 2.24. The first kappa shape index (κ1) is 13.4. The number of hydrogen-bond acceptors (Lipinski definition) is 2. The van der Waals surface area contributed by atoms with Crippen LogP contribution in [0.3, 0.4) is 0 Å². The summed E-state index contributed by atoms with van der Waals surface area (Å²) in [5.41, 5.74) is 5.24. The van der Waals surface area contributed by atoms with E-state index in [1.54, 1.807) is 0 Å². The summed E-state index contributed by atoms with van der Waals surface area (Å²) in [7, 11) is 0. The van der Waals surface area contributed by atoms with Crippen LogP contribution in [-0.4, -0.2) is 29.9 Å². The molecule has 1 aromatic rings. The Labute approximate surface area is 112 Å². The summed E-state index contributed by atoms with van der Waals surface area (Å²) in [4.78, 5) is 13.5. The third-order valence-electron chi connectivity index (χ3n) is 3.00. The van der Waals surface area contributed by atoms with Crippen molar-refractivity contribution < 1.29 is 13.6 Å². The van der Waals surface area contributed by atoms with Crippen LogP contribution >= 0.6 is 15.9 Å². The maximum Gasteiger partial charge on any atom is 0.259 e. The van der Waals surface area contributed by atoms with Crippen molar-refractivity contribution in [1.29, 1.82) is 0 Å². The summed E-state index contributed by atoms with van der Waals surface area (Å²) < 4.78 is 27.5. The van der Waals surface area contributed by atoms with Crippen molar-refractivity contribution in [2.45, 2.75) is 18.9 Å². The Morgan fingerprint density at radius 2 is 2.17 bits per heavy atom. The van der Waals surface area contributed by atoms with E-state index in [1.165, 1.54) is 11.0 Å². The first-order valence-corrected chi connectivity index (χ1v) is 6.48. The average Bonchev–Trinajstić information content (AvgIpc) is 2.34. The van der Waals surface area contributed by atoms with Gasteiger partial charge in [-0.3, -0.25) is 4.79 Å². The van der Waals surface area contributed by atoms with Crippen molar-refractivity contribution in [2.75, 3.05) is 13.1 Å². The van der Waals surface area contributed by atoms with Crippen molar-refractivity contribution in [3.05, 3.63) is 33.8 Å². The molecule has 1 atom stereocenters. The third kappa shape index (κ3) is 2.54. The topological polar surface area (TPSA) is 46.3 Å². The van der Waals surface area contributed by atoms with Crippen LogP contribution in [0.2, 0.25) is 0 Å². The van der Waals surface area contributed by atoms with Gasteiger partial charge in [0.1, 0.15) is 11.4 Å². The molecular weight excluding hydrogens is 306 g/mol. The molecule has 1 aromatic carbocycles. The molecule has 18 heavy (non-hydrogen) atoms. The Kier molecular flexibility index (Phi) is 3.97. The Hall–Kier alpha value is -1.01. The minimum Gasteiger partial charge on any atom is -0.337 e. The van der Waals surface area contributed by atoms with Crippen molar-refractivity contribution >= 4 is 21.8 Å². The molecule has 1 aliphatic heterocycles. The second-order valence-corrected chi connectivity index (χ2v) is 5.23. The Morgan fingerprint density at radius 3 is 2.83 bits per heavy atom. The fourth-order valence-electron chi connectivity index (χ4n) is 2.08. The zero-order valence-corrected chi connectivity index (χ0v) is 11.2. The van der Waals surface area contributed by atoms with E-state index in [0.717, 1.165) is 18.9 Å². The molecule has 6 heteroatoms. The number of halogens is 3. The predicted octanol–water partition coefficient (Wildman–Crippen LogP) is 2.29. The molecule has 98 valence electrons. The second-order valence-electron chi connectivity index (χ2n) is 4.37. The number of benzene rings is 1. The fourth-order valence-corrected chi connectivity index (χ4v) is 2.41. The van der Waals surface area contributed by atoms with E-state index in [0.29, 0.717) is 13.1 Å². The standard InChI is InChI=1S/C12H13BrF2N2O/c13-8-3-4-9(14)10(11(8)15)12(18)17-5-1-2-7(16)6-17/h3-4,7H,1-2,5-6,16H2/t7-/m0/s1. The maximum atomic E-state index is 13.8. The summed E-state index contributed by atoms with van der Waals surface area (Å²) in [6.07, 6.45) is 1.58. The first-order valence-electron chi connectivity index (χ1n) is 5.69. The van der Waals surface area contributed by atoms with E-state index in [2.05, 4.69) is 15.9 Å². The zero-order chi connectivity index (χ0) is 13.3. The minimum atomic E-state index is -0.862. The van der Waals surface area contributed by atoms with Crippen molar-refractivity contribution in [3.8, 4) is 0 Å². The number of carbonyl (C=O) groups is 1. The normalized spacial score (nSPS) is 20.0. The van der Waals surface area contributed by atoms with E-state index in [1.807, 2.05) is 0 Å². The van der Waals surface area contributed by atoms with Gasteiger partial charge in [0.15, 0.2) is 5.82 Å².